The van der Waals surface area contributed by atoms with E-state index in [0.717, 1.165) is 12.8 Å². The zero-order valence-corrected chi connectivity index (χ0v) is 13.3. The molecular weight excluding hydrogens is 314 g/mol. The number of amides is 2. The van der Waals surface area contributed by atoms with Crippen molar-refractivity contribution in [2.24, 2.45) is 0 Å². The van der Waals surface area contributed by atoms with Crippen LogP contribution >= 0.6 is 0 Å². The second-order valence-corrected chi connectivity index (χ2v) is 5.83. The molecule has 3 rings (SSSR count). The van der Waals surface area contributed by atoms with E-state index >= 15 is 0 Å². The number of ether oxygens (including phenoxy) is 1. The van der Waals surface area contributed by atoms with E-state index in [-0.39, 0.29) is 17.8 Å². The zero-order valence-electron chi connectivity index (χ0n) is 13.3. The van der Waals surface area contributed by atoms with E-state index in [9.17, 15) is 19.7 Å². The molecule has 1 heterocycles. The van der Waals surface area contributed by atoms with E-state index in [2.05, 4.69) is 5.32 Å². The van der Waals surface area contributed by atoms with Gasteiger partial charge >= 0.3 is 12.0 Å². The molecule has 0 aromatic heterocycles. The summed E-state index contributed by atoms with van der Waals surface area (Å²) in [5.41, 5.74) is 1.19. The summed E-state index contributed by atoms with van der Waals surface area (Å²) in [6.45, 7) is 1.70. The summed E-state index contributed by atoms with van der Waals surface area (Å²) in [4.78, 5) is 36.8. The van der Waals surface area contributed by atoms with Gasteiger partial charge in [0.25, 0.3) is 5.69 Å². The Balaban J connectivity index is 2.08. The van der Waals surface area contributed by atoms with Crippen LogP contribution in [0.1, 0.15) is 31.4 Å². The number of nitro benzene ring substituents is 1. The van der Waals surface area contributed by atoms with E-state index in [1.165, 1.54) is 25.3 Å². The predicted molar refractivity (Wildman–Crippen MR) is 83.9 cm³/mol. The monoisotopic (exact) mass is 331 g/mol. The molecule has 0 unspecified atom stereocenters. The molecule has 1 atom stereocenters. The molecule has 2 aliphatic rings. The van der Waals surface area contributed by atoms with Gasteiger partial charge in [0.2, 0.25) is 0 Å². The molecule has 0 saturated heterocycles. The maximum Gasteiger partial charge on any atom is 0.337 e. The van der Waals surface area contributed by atoms with Gasteiger partial charge in [-0.25, -0.2) is 9.59 Å². The summed E-state index contributed by atoms with van der Waals surface area (Å²) in [5.74, 6) is -0.561. The minimum atomic E-state index is -0.778. The molecule has 1 saturated carbocycles. The topological polar surface area (TPSA) is 102 Å². The molecule has 1 aromatic carbocycles. The first-order valence-corrected chi connectivity index (χ1v) is 7.57. The quantitative estimate of drug-likeness (QED) is 0.518. The summed E-state index contributed by atoms with van der Waals surface area (Å²) in [7, 11) is 1.27. The summed E-state index contributed by atoms with van der Waals surface area (Å²) >= 11 is 0. The van der Waals surface area contributed by atoms with Crippen LogP contribution in [0.3, 0.4) is 0 Å². The van der Waals surface area contributed by atoms with Gasteiger partial charge in [0.15, 0.2) is 0 Å². The third kappa shape index (κ3) is 2.70. The fraction of sp³-hybridized carbons (Fsp3) is 0.375. The van der Waals surface area contributed by atoms with Crippen molar-refractivity contribution in [3.05, 3.63) is 51.2 Å². The average Bonchev–Trinajstić information content (AvgIpc) is 3.38. The van der Waals surface area contributed by atoms with Gasteiger partial charge in [-0.05, 0) is 25.3 Å². The molecule has 1 fully saturated rings. The smallest absolute Gasteiger partial charge is 0.337 e. The van der Waals surface area contributed by atoms with Crippen molar-refractivity contribution < 1.29 is 19.2 Å². The highest BCUT2D eigenvalue weighted by Gasteiger charge is 2.42. The van der Waals surface area contributed by atoms with E-state index < -0.39 is 16.9 Å². The molecule has 0 radical (unpaired) electrons. The molecule has 1 aromatic rings. The van der Waals surface area contributed by atoms with Crippen molar-refractivity contribution in [3.63, 3.8) is 0 Å². The van der Waals surface area contributed by atoms with E-state index in [4.69, 9.17) is 4.74 Å². The normalized spacial score (nSPS) is 20.7. The number of nitrogens with one attached hydrogen (secondary N) is 1. The molecule has 2 amide bonds. The minimum absolute atomic E-state index is 0.0933. The Hall–Kier alpha value is -2.90. The number of urea groups is 1. The highest BCUT2D eigenvalue weighted by Crippen LogP contribution is 2.38. The zero-order chi connectivity index (χ0) is 17.4. The lowest BCUT2D eigenvalue weighted by Gasteiger charge is -2.35. The first kappa shape index (κ1) is 16.0. The summed E-state index contributed by atoms with van der Waals surface area (Å²) < 4.78 is 4.86. The summed E-state index contributed by atoms with van der Waals surface area (Å²) in [5, 5.41) is 13.8. The fourth-order valence-electron chi connectivity index (χ4n) is 2.97. The van der Waals surface area contributed by atoms with Crippen molar-refractivity contribution in [3.8, 4) is 0 Å². The highest BCUT2D eigenvalue weighted by atomic mass is 16.6. The Morgan fingerprint density at radius 1 is 1.42 bits per heavy atom. The standard InChI is InChI=1S/C16H17N3O5/c1-9-13(15(20)24-2)14(17-16(21)18(9)11-6-7-11)10-4-3-5-12(8-10)19(22)23/h3-5,8,11,14H,6-7H2,1-2H3,(H,17,21)/t14-/m1/s1. The van der Waals surface area contributed by atoms with Crippen LogP contribution in [0.4, 0.5) is 10.5 Å². The third-order valence-corrected chi connectivity index (χ3v) is 4.26. The molecule has 8 heteroatoms. The van der Waals surface area contributed by atoms with Crippen LogP contribution in [0.25, 0.3) is 0 Å². The first-order valence-electron chi connectivity index (χ1n) is 7.57. The number of allylic oxidation sites excluding steroid dienone is 1. The molecule has 126 valence electrons. The number of carbonyl (C=O) groups excluding carboxylic acids is 2. The Kier molecular flexibility index (Phi) is 3.96. The molecule has 0 spiro atoms. The molecule has 1 aliphatic carbocycles. The number of nitrogens with zero attached hydrogens (tertiary/aromatic N) is 2. The van der Waals surface area contributed by atoms with Crippen LogP contribution in [0.5, 0.6) is 0 Å². The molecular formula is C16H17N3O5. The number of nitro groups is 1. The molecule has 1 aliphatic heterocycles. The van der Waals surface area contributed by atoms with Crippen molar-refractivity contribution in [1.82, 2.24) is 10.2 Å². The Morgan fingerprint density at radius 3 is 2.71 bits per heavy atom. The van der Waals surface area contributed by atoms with Crippen LogP contribution in [-0.2, 0) is 9.53 Å². The van der Waals surface area contributed by atoms with Crippen LogP contribution in [-0.4, -0.2) is 35.0 Å². The van der Waals surface area contributed by atoms with Crippen molar-refractivity contribution >= 4 is 17.7 Å². The van der Waals surface area contributed by atoms with Gasteiger partial charge in [0, 0.05) is 23.9 Å². The minimum Gasteiger partial charge on any atom is -0.466 e. The van der Waals surface area contributed by atoms with Gasteiger partial charge in [0.1, 0.15) is 0 Å². The SMILES string of the molecule is COC(=O)C1=C(C)N(C2CC2)C(=O)N[C@@H]1c1cccc([N+](=O)[O-])c1. The summed E-state index contributed by atoms with van der Waals surface area (Å²) in [6, 6.07) is 4.89. The number of non-ortho nitro benzene ring substituents is 1. The molecule has 24 heavy (non-hydrogen) atoms. The number of esters is 1. The highest BCUT2D eigenvalue weighted by molar-refractivity contribution is 5.95. The van der Waals surface area contributed by atoms with E-state index in [1.54, 1.807) is 17.9 Å². The van der Waals surface area contributed by atoms with Gasteiger partial charge in [0.05, 0.1) is 23.6 Å². The molecule has 0 bridgehead atoms. The third-order valence-electron chi connectivity index (χ3n) is 4.26. The van der Waals surface area contributed by atoms with Crippen LogP contribution < -0.4 is 5.32 Å². The first-order chi connectivity index (χ1) is 11.4. The average molecular weight is 331 g/mol. The Morgan fingerprint density at radius 2 is 2.12 bits per heavy atom. The van der Waals surface area contributed by atoms with Crippen LogP contribution in [0, 0.1) is 10.1 Å². The van der Waals surface area contributed by atoms with Crippen LogP contribution in [0.15, 0.2) is 35.5 Å². The second kappa shape index (κ2) is 5.95. The maximum atomic E-state index is 12.4. The number of hydrogen-bond acceptors (Lipinski definition) is 5. The van der Waals surface area contributed by atoms with Crippen molar-refractivity contribution in [2.75, 3.05) is 7.11 Å². The lowest BCUT2D eigenvalue weighted by atomic mass is 9.94. The number of carbonyl (C=O) groups is 2. The van der Waals surface area contributed by atoms with E-state index in [0.29, 0.717) is 16.8 Å². The number of hydrogen-bond donors (Lipinski definition) is 1. The van der Waals surface area contributed by atoms with Gasteiger partial charge in [-0.3, -0.25) is 15.0 Å². The van der Waals surface area contributed by atoms with Crippen molar-refractivity contribution in [1.29, 1.82) is 0 Å². The lowest BCUT2D eigenvalue weighted by Crippen LogP contribution is -2.48. The van der Waals surface area contributed by atoms with Gasteiger partial charge in [-0.2, -0.15) is 0 Å². The van der Waals surface area contributed by atoms with Gasteiger partial charge < -0.3 is 10.1 Å². The van der Waals surface area contributed by atoms with Crippen LogP contribution in [0.2, 0.25) is 0 Å². The number of benzene rings is 1. The Labute approximate surface area is 138 Å². The van der Waals surface area contributed by atoms with E-state index in [1.807, 2.05) is 0 Å². The number of rotatable bonds is 4. The molecule has 1 N–H and O–H groups in total. The lowest BCUT2D eigenvalue weighted by molar-refractivity contribution is -0.384. The summed E-state index contributed by atoms with van der Waals surface area (Å²) in [6.07, 6.45) is 1.78. The van der Waals surface area contributed by atoms with Crippen molar-refractivity contribution in [2.45, 2.75) is 31.8 Å². The Bertz CT molecular complexity index is 754. The fourth-order valence-corrected chi connectivity index (χ4v) is 2.97. The van der Waals surface area contributed by atoms with Gasteiger partial charge in [-0.1, -0.05) is 12.1 Å². The predicted octanol–water partition coefficient (Wildman–Crippen LogP) is 2.27. The molecule has 8 nitrogen and oxygen atoms in total. The maximum absolute atomic E-state index is 12.4. The second-order valence-electron chi connectivity index (χ2n) is 5.83. The van der Waals surface area contributed by atoms with Gasteiger partial charge in [-0.15, -0.1) is 0 Å². The largest absolute Gasteiger partial charge is 0.466 e. The number of methoxy groups -OCH3 is 1.